The first kappa shape index (κ1) is 12.3. The Hall–Kier alpha value is -0.760. The minimum atomic E-state index is 0.419. The maximum Gasteiger partial charge on any atom is 0.106 e. The van der Waals surface area contributed by atoms with Crippen LogP contribution in [0.2, 0.25) is 0 Å². The third kappa shape index (κ3) is 2.63. The second-order valence-corrected chi connectivity index (χ2v) is 4.72. The van der Waals surface area contributed by atoms with Crippen molar-refractivity contribution in [2.45, 2.75) is 47.1 Å². The molecule has 0 bridgehead atoms. The van der Waals surface area contributed by atoms with E-state index in [-0.39, 0.29) is 0 Å². The molecule has 0 saturated heterocycles. The molecular weight excluding hydrogens is 186 g/mol. The summed E-state index contributed by atoms with van der Waals surface area (Å²) in [5.74, 6) is 2.80. The standard InChI is InChI=1S/C13H23NO/c1-8(2)7-12(14-6)13-9(3)10(4)15-11(13)5/h8,12,14H,7H2,1-6H3. The average molecular weight is 209 g/mol. The Kier molecular flexibility index (Phi) is 3.97. The van der Waals surface area contributed by atoms with Crippen LogP contribution in [-0.2, 0) is 0 Å². The van der Waals surface area contributed by atoms with Crippen LogP contribution in [0.4, 0.5) is 0 Å². The quantitative estimate of drug-likeness (QED) is 0.821. The predicted molar refractivity (Wildman–Crippen MR) is 64.2 cm³/mol. The Morgan fingerprint density at radius 1 is 1.13 bits per heavy atom. The van der Waals surface area contributed by atoms with Crippen LogP contribution in [0.5, 0.6) is 0 Å². The zero-order valence-electron chi connectivity index (χ0n) is 10.8. The highest BCUT2D eigenvalue weighted by molar-refractivity contribution is 5.34. The zero-order valence-corrected chi connectivity index (χ0v) is 10.8. The van der Waals surface area contributed by atoms with Gasteiger partial charge in [-0.1, -0.05) is 13.8 Å². The second kappa shape index (κ2) is 4.84. The van der Waals surface area contributed by atoms with Gasteiger partial charge in [-0.3, -0.25) is 0 Å². The number of furan rings is 1. The molecule has 0 aliphatic rings. The average Bonchev–Trinajstić information content (AvgIpc) is 2.38. The van der Waals surface area contributed by atoms with E-state index in [0.717, 1.165) is 17.9 Å². The molecule has 0 saturated carbocycles. The highest BCUT2D eigenvalue weighted by Gasteiger charge is 2.20. The van der Waals surface area contributed by atoms with Crippen molar-refractivity contribution in [1.82, 2.24) is 5.32 Å². The molecule has 86 valence electrons. The van der Waals surface area contributed by atoms with Gasteiger partial charge in [-0.25, -0.2) is 0 Å². The van der Waals surface area contributed by atoms with Crippen molar-refractivity contribution in [2.24, 2.45) is 5.92 Å². The third-order valence-corrected chi connectivity index (χ3v) is 3.02. The molecule has 2 heteroatoms. The van der Waals surface area contributed by atoms with E-state index in [1.165, 1.54) is 11.1 Å². The maximum absolute atomic E-state index is 5.67. The van der Waals surface area contributed by atoms with Crippen molar-refractivity contribution in [1.29, 1.82) is 0 Å². The molecule has 0 aromatic carbocycles. The van der Waals surface area contributed by atoms with Crippen LogP contribution >= 0.6 is 0 Å². The van der Waals surface area contributed by atoms with Crippen LogP contribution in [-0.4, -0.2) is 7.05 Å². The van der Waals surface area contributed by atoms with E-state index in [0.29, 0.717) is 12.0 Å². The van der Waals surface area contributed by atoms with Crippen LogP contribution in [0.1, 0.15) is 49.0 Å². The summed E-state index contributed by atoms with van der Waals surface area (Å²) in [5, 5.41) is 3.38. The summed E-state index contributed by atoms with van der Waals surface area (Å²) in [4.78, 5) is 0. The summed E-state index contributed by atoms with van der Waals surface area (Å²) in [6.45, 7) is 10.7. The number of rotatable bonds is 4. The van der Waals surface area contributed by atoms with Crippen LogP contribution in [0.15, 0.2) is 4.42 Å². The number of hydrogen-bond donors (Lipinski definition) is 1. The fourth-order valence-corrected chi connectivity index (χ4v) is 2.17. The van der Waals surface area contributed by atoms with Crippen LogP contribution < -0.4 is 5.32 Å². The summed E-state index contributed by atoms with van der Waals surface area (Å²) >= 11 is 0. The molecule has 0 radical (unpaired) electrons. The second-order valence-electron chi connectivity index (χ2n) is 4.72. The molecule has 0 aliphatic heterocycles. The number of nitrogens with one attached hydrogen (secondary N) is 1. The van der Waals surface area contributed by atoms with Gasteiger partial charge in [0.2, 0.25) is 0 Å². The Labute approximate surface area is 93.1 Å². The summed E-state index contributed by atoms with van der Waals surface area (Å²) in [5.41, 5.74) is 2.65. The zero-order chi connectivity index (χ0) is 11.6. The van der Waals surface area contributed by atoms with Gasteiger partial charge in [0.15, 0.2) is 0 Å². The molecule has 0 spiro atoms. The lowest BCUT2D eigenvalue weighted by molar-refractivity contribution is 0.442. The monoisotopic (exact) mass is 209 g/mol. The SMILES string of the molecule is CNC(CC(C)C)c1c(C)oc(C)c1C. The van der Waals surface area contributed by atoms with E-state index in [2.05, 4.69) is 33.0 Å². The van der Waals surface area contributed by atoms with E-state index in [1.54, 1.807) is 0 Å². The van der Waals surface area contributed by atoms with E-state index < -0.39 is 0 Å². The van der Waals surface area contributed by atoms with Gasteiger partial charge in [0, 0.05) is 11.6 Å². The van der Waals surface area contributed by atoms with Crippen molar-refractivity contribution < 1.29 is 4.42 Å². The van der Waals surface area contributed by atoms with E-state index >= 15 is 0 Å². The van der Waals surface area contributed by atoms with Gasteiger partial charge in [0.05, 0.1) is 0 Å². The van der Waals surface area contributed by atoms with Crippen LogP contribution in [0.25, 0.3) is 0 Å². The van der Waals surface area contributed by atoms with Gasteiger partial charge in [-0.2, -0.15) is 0 Å². The lowest BCUT2D eigenvalue weighted by Gasteiger charge is -2.19. The first-order chi connectivity index (χ1) is 6.97. The summed E-state index contributed by atoms with van der Waals surface area (Å²) in [6.07, 6.45) is 1.15. The van der Waals surface area contributed by atoms with E-state index in [1.807, 2.05) is 14.0 Å². The Bertz CT molecular complexity index is 326. The molecule has 1 atom stereocenters. The molecular formula is C13H23NO. The topological polar surface area (TPSA) is 25.2 Å². The molecule has 0 aliphatic carbocycles. The molecule has 1 rings (SSSR count). The lowest BCUT2D eigenvalue weighted by atomic mass is 9.94. The minimum Gasteiger partial charge on any atom is -0.466 e. The minimum absolute atomic E-state index is 0.419. The van der Waals surface area contributed by atoms with Crippen molar-refractivity contribution in [2.75, 3.05) is 7.05 Å². The lowest BCUT2D eigenvalue weighted by Crippen LogP contribution is -2.19. The molecule has 0 amide bonds. The molecule has 15 heavy (non-hydrogen) atoms. The Morgan fingerprint density at radius 2 is 1.73 bits per heavy atom. The fraction of sp³-hybridized carbons (Fsp3) is 0.692. The predicted octanol–water partition coefficient (Wildman–Crippen LogP) is 3.51. The van der Waals surface area contributed by atoms with Crippen LogP contribution in [0, 0.1) is 26.7 Å². The van der Waals surface area contributed by atoms with Gasteiger partial charge >= 0.3 is 0 Å². The Balaban J connectivity index is 3.00. The van der Waals surface area contributed by atoms with Gasteiger partial charge in [0.1, 0.15) is 11.5 Å². The fourth-order valence-electron chi connectivity index (χ4n) is 2.17. The smallest absolute Gasteiger partial charge is 0.106 e. The molecule has 0 fully saturated rings. The van der Waals surface area contributed by atoms with Crippen molar-refractivity contribution >= 4 is 0 Å². The largest absolute Gasteiger partial charge is 0.466 e. The van der Waals surface area contributed by atoms with Crippen molar-refractivity contribution in [3.8, 4) is 0 Å². The highest BCUT2D eigenvalue weighted by Crippen LogP contribution is 2.30. The van der Waals surface area contributed by atoms with Crippen molar-refractivity contribution in [3.63, 3.8) is 0 Å². The first-order valence-corrected chi connectivity index (χ1v) is 5.71. The summed E-state index contributed by atoms with van der Waals surface area (Å²) in [6, 6.07) is 0.419. The van der Waals surface area contributed by atoms with E-state index in [4.69, 9.17) is 4.42 Å². The molecule has 1 heterocycles. The van der Waals surface area contributed by atoms with Gasteiger partial charge < -0.3 is 9.73 Å². The van der Waals surface area contributed by atoms with Crippen LogP contribution in [0.3, 0.4) is 0 Å². The summed E-state index contributed by atoms with van der Waals surface area (Å²) < 4.78 is 5.67. The van der Waals surface area contributed by atoms with Gasteiger partial charge in [0.25, 0.3) is 0 Å². The molecule has 1 N–H and O–H groups in total. The van der Waals surface area contributed by atoms with Crippen molar-refractivity contribution in [3.05, 3.63) is 22.6 Å². The van der Waals surface area contributed by atoms with E-state index in [9.17, 15) is 0 Å². The normalized spacial score (nSPS) is 13.5. The molecule has 2 nitrogen and oxygen atoms in total. The molecule has 1 aromatic rings. The van der Waals surface area contributed by atoms with Gasteiger partial charge in [-0.15, -0.1) is 0 Å². The molecule has 1 aromatic heterocycles. The number of hydrogen-bond acceptors (Lipinski definition) is 2. The maximum atomic E-state index is 5.67. The summed E-state index contributed by atoms with van der Waals surface area (Å²) in [7, 11) is 2.02. The third-order valence-electron chi connectivity index (χ3n) is 3.02. The Morgan fingerprint density at radius 3 is 2.07 bits per heavy atom. The first-order valence-electron chi connectivity index (χ1n) is 5.71. The van der Waals surface area contributed by atoms with Gasteiger partial charge in [-0.05, 0) is 45.7 Å². The molecule has 1 unspecified atom stereocenters. The number of aryl methyl sites for hydroxylation is 2. The highest BCUT2D eigenvalue weighted by atomic mass is 16.3.